The Morgan fingerprint density at radius 3 is 2.19 bits per heavy atom. The molecule has 6 heteroatoms. The van der Waals surface area contributed by atoms with Gasteiger partial charge < -0.3 is 14.7 Å². The highest BCUT2D eigenvalue weighted by molar-refractivity contribution is 6.45. The summed E-state index contributed by atoms with van der Waals surface area (Å²) in [7, 11) is 1.71. The van der Waals surface area contributed by atoms with Gasteiger partial charge in [0.1, 0.15) is 11.4 Å². The lowest BCUT2D eigenvalue weighted by molar-refractivity contribution is -0.120. The zero-order valence-corrected chi connectivity index (χ0v) is 18.6. The van der Waals surface area contributed by atoms with E-state index < -0.39 is 0 Å². The van der Waals surface area contributed by atoms with E-state index in [0.29, 0.717) is 35.1 Å². The lowest BCUT2D eigenvalue weighted by Crippen LogP contribution is -2.34. The molecular formula is C25H30N2O4. The number of hydrogen-bond donors (Lipinski definition) is 1. The number of aliphatic hydroxyl groups excluding tert-OH is 1. The second-order valence-electron chi connectivity index (χ2n) is 8.06. The topological polar surface area (TPSA) is 70.1 Å². The van der Waals surface area contributed by atoms with E-state index >= 15 is 0 Å². The first-order valence-electron chi connectivity index (χ1n) is 10.6. The summed E-state index contributed by atoms with van der Waals surface area (Å²) >= 11 is 0. The summed E-state index contributed by atoms with van der Waals surface area (Å²) in [5, 5.41) is 9.40. The molecule has 31 heavy (non-hydrogen) atoms. The Morgan fingerprint density at radius 2 is 1.65 bits per heavy atom. The molecule has 0 unspecified atom stereocenters. The number of aliphatic hydroxyl groups is 1. The number of benzene rings is 2. The summed E-state index contributed by atoms with van der Waals surface area (Å²) < 4.78 is 5.74. The fourth-order valence-corrected chi connectivity index (χ4v) is 3.49. The Balaban J connectivity index is 1.98. The summed E-state index contributed by atoms with van der Waals surface area (Å²) in [6.45, 7) is 6.93. The summed E-state index contributed by atoms with van der Waals surface area (Å²) in [5.74, 6) is 0.361. The van der Waals surface area contributed by atoms with Gasteiger partial charge in [-0.2, -0.15) is 0 Å². The number of ether oxygens (including phenoxy) is 1. The Bertz CT molecular complexity index is 962. The normalized spacial score (nSPS) is 14.1. The predicted molar refractivity (Wildman–Crippen MR) is 122 cm³/mol. The molecule has 1 aliphatic rings. The molecule has 2 aromatic rings. The second kappa shape index (κ2) is 9.79. The highest BCUT2D eigenvalue weighted by Gasteiger charge is 2.41. The lowest BCUT2D eigenvalue weighted by Gasteiger charge is -2.20. The van der Waals surface area contributed by atoms with Crippen LogP contribution in [0.1, 0.15) is 31.9 Å². The Labute approximate surface area is 183 Å². The van der Waals surface area contributed by atoms with Crippen LogP contribution in [0.4, 0.5) is 5.69 Å². The third kappa shape index (κ3) is 4.80. The van der Waals surface area contributed by atoms with Crippen LogP contribution in [0.5, 0.6) is 5.75 Å². The minimum Gasteiger partial charge on any atom is -0.493 e. The molecule has 0 radical (unpaired) electrons. The van der Waals surface area contributed by atoms with Gasteiger partial charge in [0.05, 0.1) is 24.5 Å². The summed E-state index contributed by atoms with van der Waals surface area (Å²) in [5.41, 5.74) is 2.92. The molecular weight excluding hydrogens is 392 g/mol. The van der Waals surface area contributed by atoms with Gasteiger partial charge in [0, 0.05) is 13.6 Å². The molecule has 0 fully saturated rings. The maximum absolute atomic E-state index is 13.4. The largest absolute Gasteiger partial charge is 0.493 e. The molecule has 0 bridgehead atoms. The van der Waals surface area contributed by atoms with Gasteiger partial charge in [-0.25, -0.2) is 4.90 Å². The number of carbonyl (C=O) groups is 2. The molecule has 0 saturated heterocycles. The van der Waals surface area contributed by atoms with Crippen molar-refractivity contribution < 1.29 is 19.4 Å². The Hall–Kier alpha value is -3.12. The van der Waals surface area contributed by atoms with Crippen molar-refractivity contribution in [2.24, 2.45) is 5.92 Å². The fraction of sp³-hybridized carbons (Fsp3) is 0.360. The molecule has 3 rings (SSSR count). The van der Waals surface area contributed by atoms with Gasteiger partial charge in [-0.15, -0.1) is 0 Å². The van der Waals surface area contributed by atoms with Gasteiger partial charge in [-0.05, 0) is 47.7 Å². The van der Waals surface area contributed by atoms with Gasteiger partial charge in [0.25, 0.3) is 11.8 Å². The van der Waals surface area contributed by atoms with Crippen molar-refractivity contribution in [1.29, 1.82) is 0 Å². The molecule has 164 valence electrons. The number of amides is 2. The van der Waals surface area contributed by atoms with Crippen LogP contribution in [0, 0.1) is 5.92 Å². The minimum atomic E-state index is -0.389. The van der Waals surface area contributed by atoms with Crippen LogP contribution in [0.2, 0.25) is 0 Å². The van der Waals surface area contributed by atoms with E-state index in [1.54, 1.807) is 36.2 Å². The number of rotatable bonds is 9. The molecule has 2 aromatic carbocycles. The molecule has 0 spiro atoms. The second-order valence-corrected chi connectivity index (χ2v) is 8.06. The van der Waals surface area contributed by atoms with Crippen LogP contribution in [-0.2, 0) is 16.0 Å². The van der Waals surface area contributed by atoms with E-state index in [9.17, 15) is 14.7 Å². The minimum absolute atomic E-state index is 0.123. The predicted octanol–water partition coefficient (Wildman–Crippen LogP) is 3.49. The zero-order valence-electron chi connectivity index (χ0n) is 18.6. The number of aryl methyl sites for hydroxylation is 1. The van der Waals surface area contributed by atoms with Gasteiger partial charge in [-0.1, -0.05) is 45.0 Å². The van der Waals surface area contributed by atoms with Gasteiger partial charge in [-0.3, -0.25) is 9.59 Å². The zero-order chi connectivity index (χ0) is 22.5. The van der Waals surface area contributed by atoms with Crippen molar-refractivity contribution in [1.82, 2.24) is 4.90 Å². The number of likely N-dealkylation sites (N-methyl/N-ethyl adjacent to an activating group) is 1. The first kappa shape index (κ1) is 22.6. The van der Waals surface area contributed by atoms with E-state index in [-0.39, 0.29) is 30.7 Å². The van der Waals surface area contributed by atoms with E-state index in [0.717, 1.165) is 12.0 Å². The summed E-state index contributed by atoms with van der Waals surface area (Å²) in [6, 6.07) is 14.7. The number of anilines is 1. The molecule has 0 atom stereocenters. The summed E-state index contributed by atoms with van der Waals surface area (Å²) in [4.78, 5) is 29.6. The van der Waals surface area contributed by atoms with E-state index in [2.05, 4.69) is 20.8 Å². The molecule has 1 N–H and O–H groups in total. The maximum atomic E-state index is 13.4. The van der Waals surface area contributed by atoms with Gasteiger partial charge in [0.15, 0.2) is 0 Å². The average Bonchev–Trinajstić information content (AvgIpc) is 3.03. The van der Waals surface area contributed by atoms with Gasteiger partial charge in [0.2, 0.25) is 0 Å². The third-order valence-electron chi connectivity index (χ3n) is 5.21. The highest BCUT2D eigenvalue weighted by Crippen LogP contribution is 2.35. The van der Waals surface area contributed by atoms with Crippen molar-refractivity contribution >= 4 is 23.1 Å². The van der Waals surface area contributed by atoms with Crippen LogP contribution in [0.3, 0.4) is 0 Å². The van der Waals surface area contributed by atoms with Crippen LogP contribution in [0.25, 0.3) is 5.57 Å². The van der Waals surface area contributed by atoms with Crippen molar-refractivity contribution in [3.63, 3.8) is 0 Å². The van der Waals surface area contributed by atoms with Crippen molar-refractivity contribution in [3.05, 3.63) is 65.4 Å². The van der Waals surface area contributed by atoms with Crippen molar-refractivity contribution in [2.45, 2.75) is 27.2 Å². The Morgan fingerprint density at radius 1 is 1.00 bits per heavy atom. The number of imide groups is 1. The molecule has 0 saturated carbocycles. The van der Waals surface area contributed by atoms with E-state index in [4.69, 9.17) is 4.74 Å². The molecule has 0 aromatic heterocycles. The van der Waals surface area contributed by atoms with Crippen LogP contribution >= 0.6 is 0 Å². The first-order chi connectivity index (χ1) is 14.9. The molecule has 0 aliphatic carbocycles. The quantitative estimate of drug-likeness (QED) is 0.627. The molecule has 1 aliphatic heterocycles. The van der Waals surface area contributed by atoms with E-state index in [1.165, 1.54) is 4.90 Å². The van der Waals surface area contributed by atoms with Crippen LogP contribution in [-0.4, -0.2) is 48.6 Å². The van der Waals surface area contributed by atoms with E-state index in [1.807, 2.05) is 24.3 Å². The average molecular weight is 423 g/mol. The monoisotopic (exact) mass is 422 g/mol. The fourth-order valence-electron chi connectivity index (χ4n) is 3.49. The summed E-state index contributed by atoms with van der Waals surface area (Å²) in [6.07, 6.45) is 0.876. The molecule has 6 nitrogen and oxygen atoms in total. The van der Waals surface area contributed by atoms with Crippen molar-refractivity contribution in [2.75, 3.05) is 31.7 Å². The van der Waals surface area contributed by atoms with Gasteiger partial charge >= 0.3 is 0 Å². The number of hydrogen-bond acceptors (Lipinski definition) is 5. The third-order valence-corrected chi connectivity index (χ3v) is 5.21. The van der Waals surface area contributed by atoms with Crippen LogP contribution in [0.15, 0.2) is 54.2 Å². The lowest BCUT2D eigenvalue weighted by atomic mass is 10.0. The SMILES string of the molecule is CCc1ccc(N2C(=O)C(c3ccc(OCC(C)C)cc3)=C(N(C)CCO)C2=O)cc1. The van der Waals surface area contributed by atoms with Crippen molar-refractivity contribution in [3.8, 4) is 5.75 Å². The molecule has 1 heterocycles. The standard InChI is InChI=1S/C25H30N2O4/c1-5-18-6-10-20(11-7-18)27-24(29)22(23(25(27)30)26(4)14-15-28)19-8-12-21(13-9-19)31-16-17(2)3/h6-13,17,28H,5,14-16H2,1-4H3. The smallest absolute Gasteiger partial charge is 0.282 e. The first-order valence-corrected chi connectivity index (χ1v) is 10.6. The Kier molecular flexibility index (Phi) is 7.13. The maximum Gasteiger partial charge on any atom is 0.282 e. The molecule has 2 amide bonds. The van der Waals surface area contributed by atoms with Crippen LogP contribution < -0.4 is 9.64 Å². The highest BCUT2D eigenvalue weighted by atomic mass is 16.5. The number of carbonyl (C=O) groups excluding carboxylic acids is 2. The number of nitrogens with zero attached hydrogens (tertiary/aromatic N) is 2.